The number of carbonyl (C=O) groups is 1. The SMILES string of the molecule is CC1CCC(OC(=O)c2cc(N)cc(N)c2)CC1. The van der Waals surface area contributed by atoms with E-state index in [0.717, 1.165) is 31.6 Å². The Kier molecular flexibility index (Phi) is 3.75. The minimum atomic E-state index is -0.325. The summed E-state index contributed by atoms with van der Waals surface area (Å²) in [6.45, 7) is 2.23. The summed E-state index contributed by atoms with van der Waals surface area (Å²) < 4.78 is 5.49. The van der Waals surface area contributed by atoms with E-state index in [2.05, 4.69) is 6.92 Å². The molecular formula is C14H20N2O2. The Morgan fingerprint density at radius 1 is 1.11 bits per heavy atom. The van der Waals surface area contributed by atoms with Crippen LogP contribution in [0, 0.1) is 5.92 Å². The molecule has 4 N–H and O–H groups in total. The molecule has 0 spiro atoms. The van der Waals surface area contributed by atoms with Crippen LogP contribution in [-0.4, -0.2) is 12.1 Å². The molecule has 0 radical (unpaired) electrons. The molecule has 0 aliphatic heterocycles. The van der Waals surface area contributed by atoms with Gasteiger partial charge in [-0.2, -0.15) is 0 Å². The van der Waals surface area contributed by atoms with Crippen LogP contribution in [0.15, 0.2) is 18.2 Å². The first kappa shape index (κ1) is 12.7. The first-order valence-corrected chi connectivity index (χ1v) is 6.41. The highest BCUT2D eigenvalue weighted by Crippen LogP contribution is 2.26. The van der Waals surface area contributed by atoms with Crippen molar-refractivity contribution in [2.75, 3.05) is 11.5 Å². The molecule has 0 unspecified atom stereocenters. The maximum absolute atomic E-state index is 12.0. The maximum Gasteiger partial charge on any atom is 0.338 e. The van der Waals surface area contributed by atoms with E-state index in [1.807, 2.05) is 0 Å². The summed E-state index contributed by atoms with van der Waals surface area (Å²) in [7, 11) is 0. The van der Waals surface area contributed by atoms with E-state index in [9.17, 15) is 4.79 Å². The lowest BCUT2D eigenvalue weighted by Crippen LogP contribution is -2.23. The van der Waals surface area contributed by atoms with Crippen molar-refractivity contribution >= 4 is 17.3 Å². The Labute approximate surface area is 107 Å². The van der Waals surface area contributed by atoms with Gasteiger partial charge >= 0.3 is 5.97 Å². The molecule has 2 rings (SSSR count). The Bertz CT molecular complexity index is 417. The number of hydrogen-bond acceptors (Lipinski definition) is 4. The molecule has 0 amide bonds. The monoisotopic (exact) mass is 248 g/mol. The number of anilines is 2. The molecule has 0 atom stereocenters. The zero-order valence-corrected chi connectivity index (χ0v) is 10.7. The molecule has 1 aliphatic rings. The zero-order chi connectivity index (χ0) is 13.1. The van der Waals surface area contributed by atoms with E-state index in [1.165, 1.54) is 0 Å². The average molecular weight is 248 g/mol. The summed E-state index contributed by atoms with van der Waals surface area (Å²) in [5.74, 6) is 0.413. The van der Waals surface area contributed by atoms with E-state index >= 15 is 0 Å². The number of rotatable bonds is 2. The van der Waals surface area contributed by atoms with Crippen molar-refractivity contribution in [2.45, 2.75) is 38.7 Å². The van der Waals surface area contributed by atoms with Gasteiger partial charge in [0, 0.05) is 11.4 Å². The third-order valence-electron chi connectivity index (χ3n) is 3.45. The van der Waals surface area contributed by atoms with Gasteiger partial charge in [0.05, 0.1) is 5.56 Å². The van der Waals surface area contributed by atoms with Gasteiger partial charge in [-0.25, -0.2) is 4.79 Å². The molecule has 1 aromatic rings. The van der Waals surface area contributed by atoms with Crippen molar-refractivity contribution in [1.29, 1.82) is 0 Å². The van der Waals surface area contributed by atoms with Crippen LogP contribution in [0.4, 0.5) is 11.4 Å². The van der Waals surface area contributed by atoms with Crippen molar-refractivity contribution in [1.82, 2.24) is 0 Å². The third-order valence-corrected chi connectivity index (χ3v) is 3.45. The molecular weight excluding hydrogens is 228 g/mol. The first-order valence-electron chi connectivity index (χ1n) is 6.41. The number of ether oxygens (including phenoxy) is 1. The fourth-order valence-electron chi connectivity index (χ4n) is 2.36. The number of nitrogen functional groups attached to an aromatic ring is 2. The van der Waals surface area contributed by atoms with Gasteiger partial charge < -0.3 is 16.2 Å². The topological polar surface area (TPSA) is 78.3 Å². The van der Waals surface area contributed by atoms with Gasteiger partial charge in [0.2, 0.25) is 0 Å². The lowest BCUT2D eigenvalue weighted by Gasteiger charge is -2.26. The van der Waals surface area contributed by atoms with E-state index in [-0.39, 0.29) is 12.1 Å². The summed E-state index contributed by atoms with van der Waals surface area (Å²) >= 11 is 0. The molecule has 1 aliphatic carbocycles. The minimum Gasteiger partial charge on any atom is -0.459 e. The van der Waals surface area contributed by atoms with Crippen molar-refractivity contribution in [3.63, 3.8) is 0 Å². The summed E-state index contributed by atoms with van der Waals surface area (Å²) in [5, 5.41) is 0. The predicted molar refractivity (Wildman–Crippen MR) is 72.1 cm³/mol. The summed E-state index contributed by atoms with van der Waals surface area (Å²) in [5.41, 5.74) is 12.7. The quantitative estimate of drug-likeness (QED) is 0.623. The number of carbonyl (C=O) groups excluding carboxylic acids is 1. The van der Waals surface area contributed by atoms with Crippen LogP contribution < -0.4 is 11.5 Å². The zero-order valence-electron chi connectivity index (χ0n) is 10.7. The normalized spacial score (nSPS) is 23.6. The number of hydrogen-bond donors (Lipinski definition) is 2. The highest BCUT2D eigenvalue weighted by atomic mass is 16.5. The van der Waals surface area contributed by atoms with Gasteiger partial charge in [0.1, 0.15) is 6.10 Å². The molecule has 1 saturated carbocycles. The maximum atomic E-state index is 12.0. The Morgan fingerprint density at radius 3 is 2.22 bits per heavy atom. The molecule has 0 aromatic heterocycles. The Balaban J connectivity index is 1.99. The standard InChI is InChI=1S/C14H20N2O2/c1-9-2-4-13(5-3-9)18-14(17)10-6-11(15)8-12(16)7-10/h6-9,13H,2-5,15-16H2,1H3. The number of nitrogens with two attached hydrogens (primary N) is 2. The smallest absolute Gasteiger partial charge is 0.338 e. The second-order valence-electron chi connectivity index (χ2n) is 5.18. The molecule has 18 heavy (non-hydrogen) atoms. The number of esters is 1. The van der Waals surface area contributed by atoms with Gasteiger partial charge in [0.25, 0.3) is 0 Å². The second-order valence-corrected chi connectivity index (χ2v) is 5.18. The van der Waals surface area contributed by atoms with Crippen LogP contribution >= 0.6 is 0 Å². The molecule has 4 heteroatoms. The molecule has 0 heterocycles. The highest BCUT2D eigenvalue weighted by molar-refractivity contribution is 5.91. The van der Waals surface area contributed by atoms with Crippen molar-refractivity contribution in [3.8, 4) is 0 Å². The second kappa shape index (κ2) is 5.29. The molecule has 1 aromatic carbocycles. The van der Waals surface area contributed by atoms with Crippen LogP contribution in [0.3, 0.4) is 0 Å². The van der Waals surface area contributed by atoms with Crippen LogP contribution in [0.5, 0.6) is 0 Å². The first-order chi connectivity index (χ1) is 8.54. The lowest BCUT2D eigenvalue weighted by atomic mass is 9.89. The van der Waals surface area contributed by atoms with E-state index in [0.29, 0.717) is 16.9 Å². The molecule has 98 valence electrons. The molecule has 4 nitrogen and oxygen atoms in total. The van der Waals surface area contributed by atoms with Crippen LogP contribution in [0.1, 0.15) is 43.0 Å². The van der Waals surface area contributed by atoms with Crippen LogP contribution in [0.2, 0.25) is 0 Å². The van der Waals surface area contributed by atoms with E-state index in [1.54, 1.807) is 18.2 Å². The van der Waals surface area contributed by atoms with Crippen molar-refractivity contribution < 1.29 is 9.53 Å². The molecule has 1 fully saturated rings. The number of benzene rings is 1. The van der Waals surface area contributed by atoms with Gasteiger partial charge in [-0.15, -0.1) is 0 Å². The Morgan fingerprint density at radius 2 is 1.67 bits per heavy atom. The molecule has 0 bridgehead atoms. The average Bonchev–Trinajstić information content (AvgIpc) is 2.31. The summed E-state index contributed by atoms with van der Waals surface area (Å²) in [6.07, 6.45) is 4.18. The van der Waals surface area contributed by atoms with Crippen LogP contribution in [0.25, 0.3) is 0 Å². The van der Waals surface area contributed by atoms with Gasteiger partial charge in [-0.3, -0.25) is 0 Å². The van der Waals surface area contributed by atoms with Crippen LogP contribution in [-0.2, 0) is 4.74 Å². The lowest BCUT2D eigenvalue weighted by molar-refractivity contribution is 0.0174. The predicted octanol–water partition coefficient (Wildman–Crippen LogP) is 2.59. The fraction of sp³-hybridized carbons (Fsp3) is 0.500. The highest BCUT2D eigenvalue weighted by Gasteiger charge is 2.22. The minimum absolute atomic E-state index is 0.0383. The van der Waals surface area contributed by atoms with Crippen molar-refractivity contribution in [3.05, 3.63) is 23.8 Å². The van der Waals surface area contributed by atoms with Gasteiger partial charge in [-0.05, 0) is 49.8 Å². The van der Waals surface area contributed by atoms with Crippen molar-refractivity contribution in [2.24, 2.45) is 5.92 Å². The Hall–Kier alpha value is -1.71. The fourth-order valence-corrected chi connectivity index (χ4v) is 2.36. The van der Waals surface area contributed by atoms with E-state index < -0.39 is 0 Å². The largest absolute Gasteiger partial charge is 0.459 e. The summed E-state index contributed by atoms with van der Waals surface area (Å²) in [6, 6.07) is 4.83. The third kappa shape index (κ3) is 3.15. The van der Waals surface area contributed by atoms with Gasteiger partial charge in [0.15, 0.2) is 0 Å². The summed E-state index contributed by atoms with van der Waals surface area (Å²) in [4.78, 5) is 12.0. The molecule has 0 saturated heterocycles. The van der Waals surface area contributed by atoms with E-state index in [4.69, 9.17) is 16.2 Å². The van der Waals surface area contributed by atoms with Gasteiger partial charge in [-0.1, -0.05) is 6.92 Å².